The van der Waals surface area contributed by atoms with Gasteiger partial charge in [0, 0.05) is 0 Å². The number of hydrogen-bond donors (Lipinski definition) is 0. The number of ketones is 1. The van der Waals surface area contributed by atoms with Crippen LogP contribution in [-0.4, -0.2) is 46.2 Å². The van der Waals surface area contributed by atoms with Crippen LogP contribution in [0.3, 0.4) is 0 Å². The van der Waals surface area contributed by atoms with Gasteiger partial charge in [0.15, 0.2) is 0 Å². The Bertz CT molecular complexity index is 485. The summed E-state index contributed by atoms with van der Waals surface area (Å²) in [7, 11) is 1.65. The van der Waals surface area contributed by atoms with Gasteiger partial charge in [0.25, 0.3) is 0 Å². The minimum absolute atomic E-state index is 0.0203. The van der Waals surface area contributed by atoms with E-state index in [9.17, 15) is 4.79 Å². The molecule has 3 rings (SSSR count). The first-order valence-corrected chi connectivity index (χ1v) is 7.70. The predicted octanol–water partition coefficient (Wildman–Crippen LogP) is 0.726. The van der Waals surface area contributed by atoms with Crippen LogP contribution >= 0.6 is 0 Å². The molecule has 2 heterocycles. The minimum atomic E-state index is -0.428. The van der Waals surface area contributed by atoms with Crippen LogP contribution in [0.25, 0.3) is 0 Å². The molecule has 2 aliphatic rings. The second-order valence-electron chi connectivity index (χ2n) is 4.46. The van der Waals surface area contributed by atoms with Gasteiger partial charge in [-0.05, 0) is 0 Å². The van der Waals surface area contributed by atoms with E-state index in [1.165, 1.54) is 4.46 Å². The average molecular weight is 309 g/mol. The van der Waals surface area contributed by atoms with Gasteiger partial charge in [-0.1, -0.05) is 0 Å². The summed E-state index contributed by atoms with van der Waals surface area (Å²) < 4.78 is 12.5. The van der Waals surface area contributed by atoms with Crippen LogP contribution < -0.4 is 4.46 Å². The predicted molar refractivity (Wildman–Crippen MR) is 69.2 cm³/mol. The molecule has 0 saturated carbocycles. The average Bonchev–Trinajstić information content (AvgIpc) is 2.88. The van der Waals surface area contributed by atoms with E-state index in [1.807, 2.05) is 18.2 Å². The summed E-state index contributed by atoms with van der Waals surface area (Å²) >= 11 is 0.227. The van der Waals surface area contributed by atoms with E-state index in [1.54, 1.807) is 7.11 Å². The molecule has 94 valence electrons. The molecule has 0 spiro atoms. The number of rotatable bonds is 3. The monoisotopic (exact) mass is 310 g/mol. The van der Waals surface area contributed by atoms with Crippen molar-refractivity contribution < 1.29 is 14.3 Å². The SMILES string of the molecule is C=C1C(=O)[C@@H]2O[C@H]1[C@@H]([Se]c1ccccc1)[C@@H]2OC. The molecule has 0 aromatic heterocycles. The van der Waals surface area contributed by atoms with Crippen molar-refractivity contribution in [3.8, 4) is 0 Å². The van der Waals surface area contributed by atoms with Crippen LogP contribution in [-0.2, 0) is 14.3 Å². The zero-order valence-electron chi connectivity index (χ0n) is 10.0. The van der Waals surface area contributed by atoms with Crippen molar-refractivity contribution in [3.63, 3.8) is 0 Å². The quantitative estimate of drug-likeness (QED) is 0.610. The van der Waals surface area contributed by atoms with Crippen molar-refractivity contribution in [1.29, 1.82) is 0 Å². The van der Waals surface area contributed by atoms with Gasteiger partial charge in [0.05, 0.1) is 0 Å². The summed E-state index contributed by atoms with van der Waals surface area (Å²) in [5.41, 5.74) is 0.621. The number of carbonyl (C=O) groups is 1. The summed E-state index contributed by atoms with van der Waals surface area (Å²) in [6.07, 6.45) is -0.691. The Morgan fingerprint density at radius 1 is 1.28 bits per heavy atom. The van der Waals surface area contributed by atoms with Gasteiger partial charge in [-0.3, -0.25) is 0 Å². The van der Waals surface area contributed by atoms with Gasteiger partial charge < -0.3 is 0 Å². The van der Waals surface area contributed by atoms with E-state index in [0.717, 1.165) is 0 Å². The number of methoxy groups -OCH3 is 1. The van der Waals surface area contributed by atoms with E-state index < -0.39 is 6.10 Å². The van der Waals surface area contributed by atoms with Crippen LogP contribution in [0.5, 0.6) is 0 Å². The number of hydrogen-bond acceptors (Lipinski definition) is 3. The van der Waals surface area contributed by atoms with Crippen LogP contribution in [0.1, 0.15) is 0 Å². The van der Waals surface area contributed by atoms with E-state index in [2.05, 4.69) is 18.7 Å². The van der Waals surface area contributed by atoms with Crippen molar-refractivity contribution in [2.24, 2.45) is 0 Å². The van der Waals surface area contributed by atoms with Gasteiger partial charge in [0.2, 0.25) is 0 Å². The molecule has 2 fully saturated rings. The van der Waals surface area contributed by atoms with Crippen molar-refractivity contribution >= 4 is 25.2 Å². The molecule has 2 bridgehead atoms. The normalized spacial score (nSPS) is 34.3. The summed E-state index contributed by atoms with van der Waals surface area (Å²) in [6.45, 7) is 3.86. The molecule has 0 N–H and O–H groups in total. The van der Waals surface area contributed by atoms with Gasteiger partial charge in [-0.2, -0.15) is 0 Å². The summed E-state index contributed by atoms with van der Waals surface area (Å²) in [6, 6.07) is 10.3. The Hall–Kier alpha value is -0.931. The molecule has 4 atom stereocenters. The zero-order chi connectivity index (χ0) is 12.7. The number of carbonyl (C=O) groups excluding carboxylic acids is 1. The molecule has 1 aromatic carbocycles. The first-order chi connectivity index (χ1) is 8.72. The molecule has 2 aliphatic heterocycles. The molecular formula is C14H14O3Se. The van der Waals surface area contributed by atoms with Crippen LogP contribution in [0.2, 0.25) is 4.82 Å². The van der Waals surface area contributed by atoms with Gasteiger partial charge in [0.1, 0.15) is 0 Å². The molecule has 0 radical (unpaired) electrons. The first kappa shape index (κ1) is 12.1. The number of benzene rings is 1. The first-order valence-electron chi connectivity index (χ1n) is 5.85. The maximum atomic E-state index is 11.8. The number of ether oxygens (including phenoxy) is 2. The summed E-state index contributed by atoms with van der Waals surface area (Å²) in [5, 5.41) is 0. The van der Waals surface area contributed by atoms with E-state index in [-0.39, 0.29) is 37.8 Å². The van der Waals surface area contributed by atoms with Crippen molar-refractivity contribution in [2.45, 2.75) is 23.1 Å². The molecule has 0 amide bonds. The fraction of sp³-hybridized carbons (Fsp3) is 0.357. The molecule has 3 nitrogen and oxygen atoms in total. The molecule has 18 heavy (non-hydrogen) atoms. The van der Waals surface area contributed by atoms with Gasteiger partial charge >= 0.3 is 112 Å². The number of Topliss-reactive ketones (excluding diaryl/α,β-unsaturated/α-hetero) is 1. The van der Waals surface area contributed by atoms with Crippen molar-refractivity contribution in [2.75, 3.05) is 7.11 Å². The van der Waals surface area contributed by atoms with Crippen LogP contribution in [0, 0.1) is 0 Å². The van der Waals surface area contributed by atoms with E-state index in [0.29, 0.717) is 5.57 Å². The zero-order valence-corrected chi connectivity index (χ0v) is 11.7. The molecule has 1 aromatic rings. The Morgan fingerprint density at radius 3 is 2.67 bits per heavy atom. The standard InChI is InChI=1S/C14H14O3Se/c1-8-10(15)12-13(16-2)14(11(8)17-12)18-9-6-4-3-5-7-9/h3-7,11-14H,1H2,2H3/t11-,12+,13-,14-/m1/s1. The van der Waals surface area contributed by atoms with E-state index >= 15 is 0 Å². The maximum absolute atomic E-state index is 11.8. The molecule has 4 heteroatoms. The second-order valence-corrected chi connectivity index (χ2v) is 7.09. The van der Waals surface area contributed by atoms with E-state index in [4.69, 9.17) is 9.47 Å². The topological polar surface area (TPSA) is 35.5 Å². The molecular weight excluding hydrogens is 295 g/mol. The third kappa shape index (κ3) is 1.77. The van der Waals surface area contributed by atoms with Crippen LogP contribution in [0.15, 0.2) is 42.5 Å². The Kier molecular flexibility index (Phi) is 3.12. The van der Waals surface area contributed by atoms with Gasteiger partial charge in [-0.25, -0.2) is 0 Å². The third-order valence-corrected chi connectivity index (χ3v) is 6.21. The molecule has 2 saturated heterocycles. The Labute approximate surface area is 112 Å². The summed E-state index contributed by atoms with van der Waals surface area (Å²) in [5.74, 6) is 0.0203. The fourth-order valence-electron chi connectivity index (χ4n) is 2.51. The second kappa shape index (κ2) is 4.63. The van der Waals surface area contributed by atoms with Gasteiger partial charge in [-0.15, -0.1) is 0 Å². The Balaban J connectivity index is 1.84. The fourth-order valence-corrected chi connectivity index (χ4v) is 5.39. The molecule has 0 unspecified atom stereocenters. The number of fused-ring (bicyclic) bond motifs is 2. The summed E-state index contributed by atoms with van der Waals surface area (Å²) in [4.78, 5) is 12.1. The molecule has 0 aliphatic carbocycles. The Morgan fingerprint density at radius 2 is 2.00 bits per heavy atom. The van der Waals surface area contributed by atoms with Crippen molar-refractivity contribution in [1.82, 2.24) is 0 Å². The third-order valence-electron chi connectivity index (χ3n) is 3.42. The van der Waals surface area contributed by atoms with Crippen LogP contribution in [0.4, 0.5) is 0 Å². The van der Waals surface area contributed by atoms with Crippen molar-refractivity contribution in [3.05, 3.63) is 42.5 Å².